The Balaban J connectivity index is 2.11. The topological polar surface area (TPSA) is 98.9 Å². The van der Waals surface area contributed by atoms with Crippen LogP contribution in [0.5, 0.6) is 5.75 Å². The van der Waals surface area contributed by atoms with Gasteiger partial charge in [0.25, 0.3) is 0 Å². The Hall–Kier alpha value is -2.41. The molecule has 24 heavy (non-hydrogen) atoms. The van der Waals surface area contributed by atoms with Crippen molar-refractivity contribution in [1.82, 2.24) is 4.98 Å². The van der Waals surface area contributed by atoms with Crippen LogP contribution in [0.3, 0.4) is 0 Å². The first-order valence-electron chi connectivity index (χ1n) is 7.81. The van der Waals surface area contributed by atoms with Gasteiger partial charge in [-0.05, 0) is 54.5 Å². The van der Waals surface area contributed by atoms with Gasteiger partial charge >= 0.3 is 0 Å². The predicted molar refractivity (Wildman–Crippen MR) is 102 cm³/mol. The van der Waals surface area contributed by atoms with E-state index in [2.05, 4.69) is 49.1 Å². The van der Waals surface area contributed by atoms with Gasteiger partial charge in [-0.15, -0.1) is 5.11 Å². The maximum Gasteiger partial charge on any atom is 0.250 e. The molecule has 6 nitrogen and oxygen atoms in total. The molecule has 0 aliphatic heterocycles. The second-order valence-electron chi connectivity index (χ2n) is 7.20. The third kappa shape index (κ3) is 4.32. The summed E-state index contributed by atoms with van der Waals surface area (Å²) in [5, 5.41) is 8.44. The molecule has 128 valence electrons. The normalized spacial score (nSPS) is 12.5. The fourth-order valence-corrected chi connectivity index (χ4v) is 2.74. The molecule has 7 heteroatoms. The number of nitrogens with two attached hydrogens (primary N) is 2. The van der Waals surface area contributed by atoms with Crippen LogP contribution in [0.25, 0.3) is 0 Å². The third-order valence-corrected chi connectivity index (χ3v) is 8.57. The molecule has 0 aliphatic rings. The van der Waals surface area contributed by atoms with Crippen molar-refractivity contribution in [2.75, 3.05) is 11.5 Å². The molecule has 0 saturated heterocycles. The molecule has 2 aromatic rings. The van der Waals surface area contributed by atoms with Gasteiger partial charge in [-0.2, -0.15) is 5.11 Å². The van der Waals surface area contributed by atoms with E-state index in [1.807, 2.05) is 24.3 Å². The quantitative estimate of drug-likeness (QED) is 0.599. The molecule has 0 atom stereocenters. The van der Waals surface area contributed by atoms with E-state index in [-0.39, 0.29) is 10.9 Å². The third-order valence-electron chi connectivity index (χ3n) is 4.21. The standard InChI is InChI=1S/C17H25N5OSi/c1-17(2,3)24(4,5)23-13-8-6-12(7-9-13)21-22-14-10-11-15(18)20-16(14)19/h6-11H,1-5H3,(H4,18,19,20)/b22-21+. The molecule has 0 bridgehead atoms. The molecule has 0 fully saturated rings. The number of nitrogen functional groups attached to an aromatic ring is 2. The minimum atomic E-state index is -1.84. The van der Waals surface area contributed by atoms with E-state index in [1.165, 1.54) is 0 Å². The van der Waals surface area contributed by atoms with Crippen LogP contribution in [0.1, 0.15) is 20.8 Å². The van der Waals surface area contributed by atoms with E-state index in [9.17, 15) is 0 Å². The summed E-state index contributed by atoms with van der Waals surface area (Å²) in [7, 11) is -1.84. The molecular weight excluding hydrogens is 318 g/mol. The van der Waals surface area contributed by atoms with Gasteiger partial charge < -0.3 is 15.9 Å². The lowest BCUT2D eigenvalue weighted by Crippen LogP contribution is -2.43. The van der Waals surface area contributed by atoms with Crippen LogP contribution in [-0.4, -0.2) is 13.3 Å². The monoisotopic (exact) mass is 343 g/mol. The van der Waals surface area contributed by atoms with Crippen molar-refractivity contribution in [3.8, 4) is 5.75 Å². The molecular formula is C17H25N5OSi. The molecule has 1 aromatic carbocycles. The zero-order chi connectivity index (χ0) is 18.0. The zero-order valence-electron chi connectivity index (χ0n) is 14.9. The van der Waals surface area contributed by atoms with E-state index in [0.717, 1.165) is 5.75 Å². The van der Waals surface area contributed by atoms with Crippen LogP contribution in [0.4, 0.5) is 23.0 Å². The van der Waals surface area contributed by atoms with Crippen LogP contribution in [-0.2, 0) is 0 Å². The van der Waals surface area contributed by atoms with Crippen LogP contribution >= 0.6 is 0 Å². The number of anilines is 2. The Morgan fingerprint density at radius 2 is 1.58 bits per heavy atom. The van der Waals surface area contributed by atoms with Crippen molar-refractivity contribution in [3.63, 3.8) is 0 Å². The van der Waals surface area contributed by atoms with Gasteiger partial charge in [0.1, 0.15) is 17.3 Å². The van der Waals surface area contributed by atoms with Crippen LogP contribution in [0, 0.1) is 0 Å². The van der Waals surface area contributed by atoms with Crippen LogP contribution in [0.2, 0.25) is 18.1 Å². The van der Waals surface area contributed by atoms with Crippen molar-refractivity contribution >= 4 is 31.3 Å². The van der Waals surface area contributed by atoms with E-state index < -0.39 is 8.32 Å². The molecule has 1 heterocycles. The molecule has 1 aromatic heterocycles. The summed E-state index contributed by atoms with van der Waals surface area (Å²) in [5.74, 6) is 1.48. The van der Waals surface area contributed by atoms with Gasteiger partial charge in [-0.3, -0.25) is 0 Å². The molecule has 0 saturated carbocycles. The highest BCUT2D eigenvalue weighted by molar-refractivity contribution is 6.74. The number of hydrogen-bond acceptors (Lipinski definition) is 6. The minimum Gasteiger partial charge on any atom is -0.544 e. The smallest absolute Gasteiger partial charge is 0.250 e. The Labute approximate surface area is 144 Å². The Morgan fingerprint density at radius 1 is 0.958 bits per heavy atom. The molecule has 2 rings (SSSR count). The summed E-state index contributed by atoms with van der Waals surface area (Å²) >= 11 is 0. The van der Waals surface area contributed by atoms with Gasteiger partial charge in [-0.25, -0.2) is 4.98 Å². The van der Waals surface area contributed by atoms with Gasteiger partial charge in [0, 0.05) is 0 Å². The van der Waals surface area contributed by atoms with Gasteiger partial charge in [0.15, 0.2) is 5.82 Å². The van der Waals surface area contributed by atoms with E-state index in [4.69, 9.17) is 15.9 Å². The molecule has 0 radical (unpaired) electrons. The highest BCUT2D eigenvalue weighted by atomic mass is 28.4. The maximum atomic E-state index is 6.24. The minimum absolute atomic E-state index is 0.158. The highest BCUT2D eigenvalue weighted by Gasteiger charge is 2.38. The summed E-state index contributed by atoms with van der Waals surface area (Å²) in [6.45, 7) is 11.1. The van der Waals surface area contributed by atoms with Crippen molar-refractivity contribution < 1.29 is 4.43 Å². The number of hydrogen-bond donors (Lipinski definition) is 2. The van der Waals surface area contributed by atoms with Gasteiger partial charge in [0.05, 0.1) is 5.69 Å². The number of nitrogens with zero attached hydrogens (tertiary/aromatic N) is 3. The lowest BCUT2D eigenvalue weighted by molar-refractivity contribution is 0.492. The predicted octanol–water partition coefficient (Wildman–Crippen LogP) is 5.05. The molecule has 4 N–H and O–H groups in total. The molecule has 0 spiro atoms. The second-order valence-corrected chi connectivity index (χ2v) is 11.9. The lowest BCUT2D eigenvalue weighted by atomic mass is 10.2. The summed E-state index contributed by atoms with van der Waals surface area (Å²) < 4.78 is 6.24. The summed E-state index contributed by atoms with van der Waals surface area (Å²) in [5.41, 5.74) is 12.5. The van der Waals surface area contributed by atoms with Crippen molar-refractivity contribution in [1.29, 1.82) is 0 Å². The average molecular weight is 344 g/mol. The van der Waals surface area contributed by atoms with E-state index in [1.54, 1.807) is 12.1 Å². The molecule has 0 unspecified atom stereocenters. The number of rotatable bonds is 4. The highest BCUT2D eigenvalue weighted by Crippen LogP contribution is 2.37. The largest absolute Gasteiger partial charge is 0.544 e. The number of benzene rings is 1. The molecule has 0 aliphatic carbocycles. The van der Waals surface area contributed by atoms with E-state index >= 15 is 0 Å². The number of azo groups is 1. The van der Waals surface area contributed by atoms with Crippen molar-refractivity contribution in [2.45, 2.75) is 38.9 Å². The van der Waals surface area contributed by atoms with E-state index in [0.29, 0.717) is 17.2 Å². The van der Waals surface area contributed by atoms with Crippen LogP contribution in [0.15, 0.2) is 46.6 Å². The lowest BCUT2D eigenvalue weighted by Gasteiger charge is -2.36. The Morgan fingerprint density at radius 3 is 2.12 bits per heavy atom. The summed E-state index contributed by atoms with van der Waals surface area (Å²) in [6.07, 6.45) is 0. The van der Waals surface area contributed by atoms with Crippen molar-refractivity contribution in [3.05, 3.63) is 36.4 Å². The fraction of sp³-hybridized carbons (Fsp3) is 0.353. The first kappa shape index (κ1) is 17.9. The summed E-state index contributed by atoms with van der Waals surface area (Å²) in [6, 6.07) is 10.9. The van der Waals surface area contributed by atoms with Crippen molar-refractivity contribution in [2.24, 2.45) is 10.2 Å². The van der Waals surface area contributed by atoms with Gasteiger partial charge in [0.2, 0.25) is 8.32 Å². The Bertz CT molecular complexity index is 736. The zero-order valence-corrected chi connectivity index (χ0v) is 15.9. The number of pyridine rings is 1. The summed E-state index contributed by atoms with van der Waals surface area (Å²) in [4.78, 5) is 3.95. The van der Waals surface area contributed by atoms with Crippen LogP contribution < -0.4 is 15.9 Å². The van der Waals surface area contributed by atoms with Gasteiger partial charge in [-0.1, -0.05) is 20.8 Å². The Kier molecular flexibility index (Phi) is 4.93. The SMILES string of the molecule is CC(C)(C)[Si](C)(C)Oc1ccc(/N=N/c2ccc(N)nc2N)cc1. The maximum absolute atomic E-state index is 6.24. The number of aromatic nitrogens is 1. The second kappa shape index (κ2) is 6.60. The average Bonchev–Trinajstić information content (AvgIpc) is 2.46. The molecule has 0 amide bonds. The fourth-order valence-electron chi connectivity index (χ4n) is 1.71. The first-order chi connectivity index (χ1) is 11.1. The first-order valence-corrected chi connectivity index (χ1v) is 10.7.